The highest BCUT2D eigenvalue weighted by Gasteiger charge is 2.10. The average molecular weight is 214 g/mol. The molecule has 0 atom stereocenters. The largest absolute Gasteiger partial charge is 0.313 e. The first-order valence-corrected chi connectivity index (χ1v) is 6.66. The summed E-state index contributed by atoms with van der Waals surface area (Å²) in [6.45, 7) is 11.9. The molecule has 3 heteroatoms. The zero-order chi connectivity index (χ0) is 10.2. The summed E-state index contributed by atoms with van der Waals surface area (Å²) in [5, 5.41) is 3.39. The van der Waals surface area contributed by atoms with Gasteiger partial charge in [-0.25, -0.2) is 0 Å². The van der Waals surface area contributed by atoms with E-state index in [1.165, 1.54) is 36.6 Å². The fraction of sp³-hybridized carbons (Fsp3) is 0.818. The number of thioether (sulfide) groups is 1. The molecular formula is C11H22N2S. The minimum absolute atomic E-state index is 0.984. The molecule has 0 bridgehead atoms. The summed E-state index contributed by atoms with van der Waals surface area (Å²) in [4.78, 5) is 2.51. The molecular weight excluding hydrogens is 192 g/mol. The Kier molecular flexibility index (Phi) is 6.32. The van der Waals surface area contributed by atoms with E-state index >= 15 is 0 Å². The molecule has 0 aromatic carbocycles. The van der Waals surface area contributed by atoms with Crippen LogP contribution in [-0.4, -0.2) is 49.1 Å². The SMILES string of the molecule is C=C(CNCCC)CN1CCSCC1. The van der Waals surface area contributed by atoms with E-state index < -0.39 is 0 Å². The van der Waals surface area contributed by atoms with E-state index in [0.29, 0.717) is 0 Å². The molecule has 0 amide bonds. The van der Waals surface area contributed by atoms with Crippen LogP contribution in [0.5, 0.6) is 0 Å². The Morgan fingerprint density at radius 1 is 1.43 bits per heavy atom. The lowest BCUT2D eigenvalue weighted by atomic mass is 10.2. The van der Waals surface area contributed by atoms with Crippen LogP contribution in [-0.2, 0) is 0 Å². The Labute approximate surface area is 92.1 Å². The molecule has 0 unspecified atom stereocenters. The predicted octanol–water partition coefficient (Wildman–Crippen LogP) is 1.59. The van der Waals surface area contributed by atoms with Crippen molar-refractivity contribution in [2.75, 3.05) is 44.2 Å². The van der Waals surface area contributed by atoms with Gasteiger partial charge in [-0.2, -0.15) is 11.8 Å². The van der Waals surface area contributed by atoms with Crippen molar-refractivity contribution in [3.63, 3.8) is 0 Å². The summed E-state index contributed by atoms with van der Waals surface area (Å²) in [6, 6.07) is 0. The molecule has 0 aromatic rings. The monoisotopic (exact) mass is 214 g/mol. The number of hydrogen-bond donors (Lipinski definition) is 1. The standard InChI is InChI=1S/C11H22N2S/c1-3-4-12-9-11(2)10-13-5-7-14-8-6-13/h12H,2-10H2,1H3. The van der Waals surface area contributed by atoms with E-state index in [0.717, 1.165) is 19.6 Å². The molecule has 1 rings (SSSR count). The summed E-state index contributed by atoms with van der Waals surface area (Å²) in [6.07, 6.45) is 1.20. The van der Waals surface area contributed by atoms with Crippen LogP contribution >= 0.6 is 11.8 Å². The van der Waals surface area contributed by atoms with Crippen LogP contribution in [0.1, 0.15) is 13.3 Å². The third-order valence-electron chi connectivity index (χ3n) is 2.35. The highest BCUT2D eigenvalue weighted by atomic mass is 32.2. The van der Waals surface area contributed by atoms with E-state index in [1.54, 1.807) is 0 Å². The van der Waals surface area contributed by atoms with Crippen LogP contribution in [0.15, 0.2) is 12.2 Å². The van der Waals surface area contributed by atoms with Crippen LogP contribution in [0.2, 0.25) is 0 Å². The Morgan fingerprint density at radius 2 is 2.14 bits per heavy atom. The van der Waals surface area contributed by atoms with Gasteiger partial charge in [0.2, 0.25) is 0 Å². The van der Waals surface area contributed by atoms with Gasteiger partial charge in [0.05, 0.1) is 0 Å². The summed E-state index contributed by atoms with van der Waals surface area (Å²) in [5.41, 5.74) is 1.32. The average Bonchev–Trinajstić information content (AvgIpc) is 2.20. The lowest BCUT2D eigenvalue weighted by Gasteiger charge is -2.26. The van der Waals surface area contributed by atoms with Crippen molar-refractivity contribution in [3.05, 3.63) is 12.2 Å². The van der Waals surface area contributed by atoms with Gasteiger partial charge in [0.1, 0.15) is 0 Å². The van der Waals surface area contributed by atoms with E-state index in [1.807, 2.05) is 0 Å². The second kappa shape index (κ2) is 7.32. The highest BCUT2D eigenvalue weighted by Crippen LogP contribution is 2.09. The molecule has 0 aliphatic carbocycles. The number of rotatable bonds is 6. The second-order valence-corrected chi connectivity index (χ2v) is 5.04. The van der Waals surface area contributed by atoms with Gasteiger partial charge in [-0.15, -0.1) is 0 Å². The van der Waals surface area contributed by atoms with E-state index in [9.17, 15) is 0 Å². The van der Waals surface area contributed by atoms with Gasteiger partial charge >= 0.3 is 0 Å². The van der Waals surface area contributed by atoms with E-state index in [4.69, 9.17) is 0 Å². The van der Waals surface area contributed by atoms with E-state index in [2.05, 4.69) is 35.5 Å². The first kappa shape index (κ1) is 12.1. The molecule has 0 spiro atoms. The van der Waals surface area contributed by atoms with Gasteiger partial charge in [0.15, 0.2) is 0 Å². The van der Waals surface area contributed by atoms with Crippen LogP contribution in [0.4, 0.5) is 0 Å². The van der Waals surface area contributed by atoms with Crippen LogP contribution in [0.3, 0.4) is 0 Å². The summed E-state index contributed by atoms with van der Waals surface area (Å²) >= 11 is 2.06. The molecule has 82 valence electrons. The van der Waals surface area contributed by atoms with Gasteiger partial charge in [-0.05, 0) is 18.5 Å². The van der Waals surface area contributed by atoms with Crippen molar-refractivity contribution in [1.82, 2.24) is 10.2 Å². The Bertz CT molecular complexity index is 165. The Hall–Kier alpha value is 0.0100. The van der Waals surface area contributed by atoms with Crippen molar-refractivity contribution >= 4 is 11.8 Å². The van der Waals surface area contributed by atoms with Crippen molar-refractivity contribution in [2.45, 2.75) is 13.3 Å². The molecule has 2 nitrogen and oxygen atoms in total. The normalized spacial score (nSPS) is 18.4. The van der Waals surface area contributed by atoms with Gasteiger partial charge in [-0.1, -0.05) is 13.5 Å². The molecule has 1 saturated heterocycles. The fourth-order valence-electron chi connectivity index (χ4n) is 1.57. The van der Waals surface area contributed by atoms with Gasteiger partial charge in [0.25, 0.3) is 0 Å². The molecule has 1 N–H and O–H groups in total. The fourth-order valence-corrected chi connectivity index (χ4v) is 2.55. The number of nitrogens with one attached hydrogen (secondary N) is 1. The molecule has 1 aliphatic heterocycles. The lowest BCUT2D eigenvalue weighted by molar-refractivity contribution is 0.326. The number of hydrogen-bond acceptors (Lipinski definition) is 3. The third kappa shape index (κ3) is 5.03. The first-order chi connectivity index (χ1) is 6.83. The smallest absolute Gasteiger partial charge is 0.0203 e. The maximum Gasteiger partial charge on any atom is 0.0203 e. The van der Waals surface area contributed by atoms with Crippen molar-refractivity contribution in [2.24, 2.45) is 0 Å². The van der Waals surface area contributed by atoms with E-state index in [-0.39, 0.29) is 0 Å². The first-order valence-electron chi connectivity index (χ1n) is 5.50. The third-order valence-corrected chi connectivity index (χ3v) is 3.30. The summed E-state index contributed by atoms with van der Waals surface area (Å²) in [7, 11) is 0. The Balaban J connectivity index is 2.06. The molecule has 1 heterocycles. The predicted molar refractivity (Wildman–Crippen MR) is 66.1 cm³/mol. The van der Waals surface area contributed by atoms with Gasteiger partial charge in [0, 0.05) is 37.7 Å². The topological polar surface area (TPSA) is 15.3 Å². The summed E-state index contributed by atoms with van der Waals surface area (Å²) < 4.78 is 0. The quantitative estimate of drug-likeness (QED) is 0.534. The zero-order valence-corrected chi connectivity index (χ0v) is 10.0. The second-order valence-electron chi connectivity index (χ2n) is 3.82. The minimum Gasteiger partial charge on any atom is -0.313 e. The van der Waals surface area contributed by atoms with Crippen molar-refractivity contribution < 1.29 is 0 Å². The van der Waals surface area contributed by atoms with Crippen LogP contribution in [0.25, 0.3) is 0 Å². The molecule has 0 aromatic heterocycles. The minimum atomic E-state index is 0.984. The molecule has 0 radical (unpaired) electrons. The Morgan fingerprint density at radius 3 is 2.79 bits per heavy atom. The molecule has 14 heavy (non-hydrogen) atoms. The summed E-state index contributed by atoms with van der Waals surface area (Å²) in [5.74, 6) is 2.57. The van der Waals surface area contributed by atoms with Gasteiger partial charge in [-0.3, -0.25) is 4.90 Å². The maximum absolute atomic E-state index is 4.11. The highest BCUT2D eigenvalue weighted by molar-refractivity contribution is 7.99. The van der Waals surface area contributed by atoms with Crippen molar-refractivity contribution in [1.29, 1.82) is 0 Å². The van der Waals surface area contributed by atoms with Crippen LogP contribution in [0, 0.1) is 0 Å². The maximum atomic E-state index is 4.11. The molecule has 0 saturated carbocycles. The lowest BCUT2D eigenvalue weighted by Crippen LogP contribution is -2.35. The number of nitrogens with zero attached hydrogens (tertiary/aromatic N) is 1. The van der Waals surface area contributed by atoms with Gasteiger partial charge < -0.3 is 5.32 Å². The van der Waals surface area contributed by atoms with Crippen LogP contribution < -0.4 is 5.32 Å². The van der Waals surface area contributed by atoms with Crippen molar-refractivity contribution in [3.8, 4) is 0 Å². The zero-order valence-electron chi connectivity index (χ0n) is 9.22. The molecule has 1 fully saturated rings. The molecule has 1 aliphatic rings.